The van der Waals surface area contributed by atoms with Gasteiger partial charge in [0.05, 0.1) is 46.2 Å². The minimum atomic E-state index is -0.434. The van der Waals surface area contributed by atoms with Crippen LogP contribution in [-0.4, -0.2) is 55.0 Å². The van der Waals surface area contributed by atoms with Crippen LogP contribution in [0, 0.1) is 6.92 Å². The Morgan fingerprint density at radius 1 is 1.22 bits per heavy atom. The van der Waals surface area contributed by atoms with Gasteiger partial charge in [-0.25, -0.2) is 19.7 Å². The molecule has 0 aromatic carbocycles. The minimum Gasteiger partial charge on any atom is -0.306 e. The van der Waals surface area contributed by atoms with E-state index in [1.165, 1.54) is 34.7 Å². The summed E-state index contributed by atoms with van der Waals surface area (Å²) in [7, 11) is 4.01. The lowest BCUT2D eigenvalue weighted by Gasteiger charge is -2.25. The number of carbonyl (C=O) groups is 1. The van der Waals surface area contributed by atoms with E-state index < -0.39 is 6.03 Å². The standard InChI is InChI=1S/C20H22ClN9OS/c1-5-15(29(3)4)16-14(10-23-19-17(16)26-11(2)32-19)28-20(31)27-12-8-13(21)18(22-9-12)30-24-6-7-25-30/h6-10,15H,5H2,1-4H3,(H2,27,28,31). The van der Waals surface area contributed by atoms with Crippen LogP contribution in [0.3, 0.4) is 0 Å². The second kappa shape index (κ2) is 9.15. The van der Waals surface area contributed by atoms with Crippen molar-refractivity contribution in [3.63, 3.8) is 0 Å². The zero-order valence-corrected chi connectivity index (χ0v) is 19.6. The summed E-state index contributed by atoms with van der Waals surface area (Å²) >= 11 is 7.83. The molecule has 0 spiro atoms. The number of halogens is 1. The average molecular weight is 472 g/mol. The Kier molecular flexibility index (Phi) is 6.31. The number of urea groups is 1. The van der Waals surface area contributed by atoms with Crippen LogP contribution in [0.25, 0.3) is 16.2 Å². The van der Waals surface area contributed by atoms with E-state index in [0.717, 1.165) is 27.3 Å². The molecule has 4 heterocycles. The number of carbonyl (C=O) groups excluding carboxylic acids is 1. The first-order chi connectivity index (χ1) is 15.4. The zero-order chi connectivity index (χ0) is 22.8. The molecule has 0 aliphatic carbocycles. The molecule has 4 aromatic rings. The highest BCUT2D eigenvalue weighted by atomic mass is 35.5. The van der Waals surface area contributed by atoms with E-state index in [1.807, 2.05) is 21.0 Å². The van der Waals surface area contributed by atoms with E-state index in [9.17, 15) is 4.79 Å². The topological polar surface area (TPSA) is 114 Å². The first-order valence-electron chi connectivity index (χ1n) is 9.90. The highest BCUT2D eigenvalue weighted by Gasteiger charge is 2.23. The van der Waals surface area contributed by atoms with E-state index in [-0.39, 0.29) is 6.04 Å². The van der Waals surface area contributed by atoms with Gasteiger partial charge in [-0.2, -0.15) is 10.2 Å². The van der Waals surface area contributed by atoms with Gasteiger partial charge in [0, 0.05) is 11.6 Å². The monoisotopic (exact) mass is 471 g/mol. The minimum absolute atomic E-state index is 0.0641. The molecule has 1 atom stereocenters. The van der Waals surface area contributed by atoms with E-state index in [0.29, 0.717) is 22.2 Å². The van der Waals surface area contributed by atoms with E-state index in [2.05, 4.69) is 47.6 Å². The van der Waals surface area contributed by atoms with Crippen LogP contribution < -0.4 is 10.6 Å². The number of nitrogens with zero attached hydrogens (tertiary/aromatic N) is 7. The Labute approximate surface area is 193 Å². The van der Waals surface area contributed by atoms with Gasteiger partial charge >= 0.3 is 6.03 Å². The third-order valence-corrected chi connectivity index (χ3v) is 6.01. The third kappa shape index (κ3) is 4.40. The summed E-state index contributed by atoms with van der Waals surface area (Å²) in [6.45, 7) is 4.05. The fraction of sp³-hybridized carbons (Fsp3) is 0.300. The predicted octanol–water partition coefficient (Wildman–Crippen LogP) is 4.29. The van der Waals surface area contributed by atoms with Crippen molar-refractivity contribution < 1.29 is 4.79 Å². The summed E-state index contributed by atoms with van der Waals surface area (Å²) in [5.74, 6) is 0.371. The summed E-state index contributed by atoms with van der Waals surface area (Å²) in [6, 6.07) is 1.22. The van der Waals surface area contributed by atoms with Crippen LogP contribution >= 0.6 is 22.9 Å². The lowest BCUT2D eigenvalue weighted by atomic mass is 10.0. The van der Waals surface area contributed by atoms with Crippen molar-refractivity contribution >= 4 is 50.7 Å². The van der Waals surface area contributed by atoms with Gasteiger partial charge < -0.3 is 15.5 Å². The number of fused-ring (bicyclic) bond motifs is 1. The van der Waals surface area contributed by atoms with Gasteiger partial charge in [0.2, 0.25) is 0 Å². The second-order valence-electron chi connectivity index (χ2n) is 7.29. The number of hydrogen-bond acceptors (Lipinski definition) is 8. The quantitative estimate of drug-likeness (QED) is 0.431. The number of pyridine rings is 2. The van der Waals surface area contributed by atoms with Crippen molar-refractivity contribution in [2.45, 2.75) is 26.3 Å². The molecule has 0 aliphatic heterocycles. The molecule has 166 valence electrons. The molecular formula is C20H22ClN9OS. The zero-order valence-electron chi connectivity index (χ0n) is 18.0. The molecule has 1 unspecified atom stereocenters. The third-order valence-electron chi connectivity index (χ3n) is 4.85. The summed E-state index contributed by atoms with van der Waals surface area (Å²) in [5.41, 5.74) is 2.80. The van der Waals surface area contributed by atoms with Crippen molar-refractivity contribution in [1.82, 2.24) is 34.8 Å². The first-order valence-corrected chi connectivity index (χ1v) is 11.1. The molecule has 4 aromatic heterocycles. The van der Waals surface area contributed by atoms with Gasteiger partial charge in [-0.3, -0.25) is 0 Å². The van der Waals surface area contributed by atoms with Crippen LogP contribution in [-0.2, 0) is 0 Å². The van der Waals surface area contributed by atoms with Crippen LogP contribution in [0.1, 0.15) is 30.0 Å². The molecule has 0 bridgehead atoms. The number of anilines is 2. The highest BCUT2D eigenvalue weighted by molar-refractivity contribution is 7.18. The largest absolute Gasteiger partial charge is 0.323 e. The molecule has 32 heavy (non-hydrogen) atoms. The average Bonchev–Trinajstić information content (AvgIpc) is 3.39. The van der Waals surface area contributed by atoms with Gasteiger partial charge in [-0.1, -0.05) is 29.9 Å². The molecule has 0 saturated carbocycles. The Balaban J connectivity index is 1.60. The van der Waals surface area contributed by atoms with Gasteiger partial charge in [-0.15, -0.1) is 4.80 Å². The maximum Gasteiger partial charge on any atom is 0.323 e. The lowest BCUT2D eigenvalue weighted by molar-refractivity contribution is 0.262. The maximum absolute atomic E-state index is 12.8. The Morgan fingerprint density at radius 2 is 1.97 bits per heavy atom. The molecule has 0 aliphatic rings. The number of hydrogen-bond donors (Lipinski definition) is 2. The highest BCUT2D eigenvalue weighted by Crippen LogP contribution is 2.36. The number of rotatable bonds is 6. The van der Waals surface area contributed by atoms with Gasteiger partial charge in [-0.05, 0) is 33.5 Å². The van der Waals surface area contributed by atoms with Crippen molar-refractivity contribution in [3.8, 4) is 5.82 Å². The number of nitrogens with one attached hydrogen (secondary N) is 2. The summed E-state index contributed by atoms with van der Waals surface area (Å²) in [6.07, 6.45) is 7.08. The van der Waals surface area contributed by atoms with Crippen molar-refractivity contribution in [3.05, 3.63) is 46.4 Å². The van der Waals surface area contributed by atoms with E-state index in [1.54, 1.807) is 12.3 Å². The fourth-order valence-electron chi connectivity index (χ4n) is 3.52. The number of amides is 2. The molecule has 0 saturated heterocycles. The van der Waals surface area contributed by atoms with E-state index in [4.69, 9.17) is 11.6 Å². The smallest absolute Gasteiger partial charge is 0.306 e. The summed E-state index contributed by atoms with van der Waals surface area (Å²) < 4.78 is 0. The van der Waals surface area contributed by atoms with Gasteiger partial charge in [0.1, 0.15) is 10.3 Å². The molecule has 12 heteroatoms. The molecule has 2 amide bonds. The fourth-order valence-corrected chi connectivity index (χ4v) is 4.54. The number of aryl methyl sites for hydroxylation is 1. The first kappa shape index (κ1) is 22.1. The molecule has 2 N–H and O–H groups in total. The Bertz CT molecular complexity index is 1260. The van der Waals surface area contributed by atoms with Crippen LogP contribution in [0.4, 0.5) is 16.2 Å². The Hall–Kier alpha value is -3.15. The van der Waals surface area contributed by atoms with Crippen LogP contribution in [0.15, 0.2) is 30.9 Å². The van der Waals surface area contributed by atoms with Gasteiger partial charge in [0.15, 0.2) is 5.82 Å². The normalized spacial score (nSPS) is 12.3. The summed E-state index contributed by atoms with van der Waals surface area (Å²) in [4.78, 5) is 30.5. The SMILES string of the molecule is CCC(c1c(NC(=O)Nc2cnc(-n3nccn3)c(Cl)c2)cnc2sc(C)nc12)N(C)C. The number of aromatic nitrogens is 6. The van der Waals surface area contributed by atoms with Crippen LogP contribution in [0.5, 0.6) is 0 Å². The molecule has 4 rings (SSSR count). The second-order valence-corrected chi connectivity index (χ2v) is 8.88. The van der Waals surface area contributed by atoms with Crippen molar-refractivity contribution in [1.29, 1.82) is 0 Å². The summed E-state index contributed by atoms with van der Waals surface area (Å²) in [5, 5.41) is 14.9. The molecular weight excluding hydrogens is 450 g/mol. The Morgan fingerprint density at radius 3 is 2.62 bits per heavy atom. The molecule has 10 nitrogen and oxygen atoms in total. The number of thiazole rings is 1. The lowest BCUT2D eigenvalue weighted by Crippen LogP contribution is -2.24. The maximum atomic E-state index is 12.8. The van der Waals surface area contributed by atoms with E-state index >= 15 is 0 Å². The van der Waals surface area contributed by atoms with Crippen molar-refractivity contribution in [2.75, 3.05) is 24.7 Å². The van der Waals surface area contributed by atoms with Gasteiger partial charge in [0.25, 0.3) is 0 Å². The molecule has 0 fully saturated rings. The molecule has 0 radical (unpaired) electrons. The van der Waals surface area contributed by atoms with Crippen molar-refractivity contribution in [2.24, 2.45) is 0 Å². The van der Waals surface area contributed by atoms with Crippen LogP contribution in [0.2, 0.25) is 5.02 Å². The predicted molar refractivity (Wildman–Crippen MR) is 126 cm³/mol.